The van der Waals surface area contributed by atoms with Crippen LogP contribution in [0.2, 0.25) is 0 Å². The number of halogens is 2. The molecule has 0 spiro atoms. The molecule has 1 aliphatic carbocycles. The molecule has 1 heterocycles. The number of hydrogen-bond acceptors (Lipinski definition) is 2. The molecule has 0 bridgehead atoms. The minimum Gasteiger partial charge on any atom is -0.323 e. The molecule has 2 N–H and O–H groups in total. The number of fused-ring (bicyclic) bond motifs is 1. The number of carbonyl (C=O) groups is 1. The summed E-state index contributed by atoms with van der Waals surface area (Å²) in [6, 6.07) is 3.63. The average Bonchev–Trinajstić information content (AvgIpc) is 3.00. The van der Waals surface area contributed by atoms with Crippen LogP contribution < -0.4 is 10.6 Å². The fraction of sp³-hybridized carbons (Fsp3) is 0.588. The summed E-state index contributed by atoms with van der Waals surface area (Å²) in [6.45, 7) is 3.55. The van der Waals surface area contributed by atoms with Crippen molar-refractivity contribution in [2.75, 3.05) is 11.9 Å². The van der Waals surface area contributed by atoms with Gasteiger partial charge < -0.3 is 10.6 Å². The number of nitrogens with one attached hydrogen (secondary N) is 2. The van der Waals surface area contributed by atoms with Gasteiger partial charge in [0.25, 0.3) is 0 Å². The standard InChI is InChI=1S/C17H23FN2O.ClH/c1-2-17(8-3-4-9-17)16(21)20-14-6-5-12-11-19-10-7-13(12)15(14)18;/h5-6,19H,2-4,7-11H2,1H3,(H,20,21);1H. The summed E-state index contributed by atoms with van der Waals surface area (Å²) in [5.41, 5.74) is 1.82. The summed E-state index contributed by atoms with van der Waals surface area (Å²) in [6.07, 6.45) is 5.55. The van der Waals surface area contributed by atoms with Gasteiger partial charge in [0.1, 0.15) is 5.82 Å². The van der Waals surface area contributed by atoms with Gasteiger partial charge in [0.15, 0.2) is 0 Å². The molecule has 22 heavy (non-hydrogen) atoms. The molecule has 3 rings (SSSR count). The summed E-state index contributed by atoms with van der Waals surface area (Å²) in [5, 5.41) is 6.09. The maximum absolute atomic E-state index is 14.6. The van der Waals surface area contributed by atoms with Gasteiger partial charge in [-0.3, -0.25) is 4.79 Å². The van der Waals surface area contributed by atoms with Crippen molar-refractivity contribution in [3.8, 4) is 0 Å². The summed E-state index contributed by atoms with van der Waals surface area (Å²) in [5.74, 6) is -0.248. The minimum absolute atomic E-state index is 0. The third-order valence-electron chi connectivity index (χ3n) is 5.17. The maximum Gasteiger partial charge on any atom is 0.230 e. The van der Waals surface area contributed by atoms with E-state index in [2.05, 4.69) is 17.6 Å². The van der Waals surface area contributed by atoms with Crippen LogP contribution in [0.5, 0.6) is 0 Å². The molecule has 0 unspecified atom stereocenters. The van der Waals surface area contributed by atoms with Gasteiger partial charge in [-0.05, 0) is 49.4 Å². The van der Waals surface area contributed by atoms with Crippen molar-refractivity contribution in [3.63, 3.8) is 0 Å². The first-order valence-corrected chi connectivity index (χ1v) is 7.99. The zero-order valence-corrected chi connectivity index (χ0v) is 13.8. The molecule has 1 fully saturated rings. The quantitative estimate of drug-likeness (QED) is 0.887. The molecule has 0 saturated heterocycles. The van der Waals surface area contributed by atoms with E-state index in [1.807, 2.05) is 6.07 Å². The van der Waals surface area contributed by atoms with Gasteiger partial charge in [-0.1, -0.05) is 25.8 Å². The maximum atomic E-state index is 14.6. The van der Waals surface area contributed by atoms with Gasteiger partial charge in [-0.15, -0.1) is 12.4 Å². The van der Waals surface area contributed by atoms with E-state index in [4.69, 9.17) is 0 Å². The molecule has 3 nitrogen and oxygen atoms in total. The van der Waals surface area contributed by atoms with Gasteiger partial charge in [0, 0.05) is 12.0 Å². The predicted octanol–water partition coefficient (Wildman–Crippen LogP) is 3.80. The Morgan fingerprint density at radius 2 is 2.09 bits per heavy atom. The number of hydrogen-bond donors (Lipinski definition) is 2. The van der Waals surface area contributed by atoms with Gasteiger partial charge in [0.05, 0.1) is 5.69 Å². The van der Waals surface area contributed by atoms with Crippen LogP contribution in [-0.4, -0.2) is 12.5 Å². The Labute approximate surface area is 137 Å². The highest BCUT2D eigenvalue weighted by Gasteiger charge is 2.39. The van der Waals surface area contributed by atoms with Crippen LogP contribution in [0.1, 0.15) is 50.2 Å². The first-order chi connectivity index (χ1) is 10.2. The molecular weight excluding hydrogens is 303 g/mol. The number of amides is 1. The van der Waals surface area contributed by atoms with Crippen molar-refractivity contribution in [2.24, 2.45) is 5.41 Å². The third-order valence-corrected chi connectivity index (χ3v) is 5.17. The van der Waals surface area contributed by atoms with Crippen LogP contribution in [-0.2, 0) is 17.8 Å². The highest BCUT2D eigenvalue weighted by atomic mass is 35.5. The highest BCUT2D eigenvalue weighted by molar-refractivity contribution is 5.95. The number of anilines is 1. The Morgan fingerprint density at radius 1 is 1.36 bits per heavy atom. The Bertz CT molecular complexity index is 556. The van der Waals surface area contributed by atoms with Crippen LogP contribution in [0.3, 0.4) is 0 Å². The van der Waals surface area contributed by atoms with E-state index >= 15 is 0 Å². The molecule has 1 saturated carbocycles. The largest absolute Gasteiger partial charge is 0.323 e. The second-order valence-corrected chi connectivity index (χ2v) is 6.29. The Balaban J connectivity index is 0.00000176. The van der Waals surface area contributed by atoms with Crippen LogP contribution in [0.15, 0.2) is 12.1 Å². The molecule has 1 aliphatic heterocycles. The van der Waals surface area contributed by atoms with E-state index in [9.17, 15) is 9.18 Å². The SMILES string of the molecule is CCC1(C(=O)Nc2ccc3c(c2F)CCNC3)CCCC1.Cl. The normalized spacial score (nSPS) is 19.2. The van der Waals surface area contributed by atoms with Crippen molar-refractivity contribution in [2.45, 2.75) is 52.0 Å². The summed E-state index contributed by atoms with van der Waals surface area (Å²) in [7, 11) is 0. The number of rotatable bonds is 3. The molecule has 2 aliphatic rings. The Hall–Kier alpha value is -1.13. The first-order valence-electron chi connectivity index (χ1n) is 7.99. The van der Waals surface area contributed by atoms with E-state index in [0.717, 1.165) is 49.8 Å². The topological polar surface area (TPSA) is 41.1 Å². The fourth-order valence-electron chi connectivity index (χ4n) is 3.68. The number of benzene rings is 1. The molecule has 1 aromatic carbocycles. The van der Waals surface area contributed by atoms with Crippen molar-refractivity contribution < 1.29 is 9.18 Å². The fourth-order valence-corrected chi connectivity index (χ4v) is 3.68. The lowest BCUT2D eigenvalue weighted by Crippen LogP contribution is -2.34. The van der Waals surface area contributed by atoms with E-state index in [1.165, 1.54) is 0 Å². The van der Waals surface area contributed by atoms with Gasteiger partial charge >= 0.3 is 0 Å². The zero-order chi connectivity index (χ0) is 14.9. The van der Waals surface area contributed by atoms with Crippen molar-refractivity contribution in [1.29, 1.82) is 0 Å². The predicted molar refractivity (Wildman–Crippen MR) is 88.9 cm³/mol. The molecule has 122 valence electrons. The monoisotopic (exact) mass is 326 g/mol. The molecule has 5 heteroatoms. The molecule has 0 atom stereocenters. The molecule has 0 radical (unpaired) electrons. The lowest BCUT2D eigenvalue weighted by molar-refractivity contribution is -0.125. The first kappa shape index (κ1) is 17.2. The summed E-state index contributed by atoms with van der Waals surface area (Å²) >= 11 is 0. The molecule has 1 aromatic rings. The van der Waals surface area contributed by atoms with Crippen LogP contribution in [0.25, 0.3) is 0 Å². The van der Waals surface area contributed by atoms with E-state index < -0.39 is 0 Å². The lowest BCUT2D eigenvalue weighted by Gasteiger charge is -2.27. The average molecular weight is 327 g/mol. The smallest absolute Gasteiger partial charge is 0.230 e. The van der Waals surface area contributed by atoms with Crippen molar-refractivity contribution >= 4 is 24.0 Å². The van der Waals surface area contributed by atoms with Crippen LogP contribution in [0, 0.1) is 11.2 Å². The number of carbonyl (C=O) groups excluding carboxylic acids is 1. The van der Waals surface area contributed by atoms with Crippen molar-refractivity contribution in [3.05, 3.63) is 29.1 Å². The van der Waals surface area contributed by atoms with Gasteiger partial charge in [0.2, 0.25) is 5.91 Å². The summed E-state index contributed by atoms with van der Waals surface area (Å²) < 4.78 is 14.6. The van der Waals surface area contributed by atoms with Crippen LogP contribution in [0.4, 0.5) is 10.1 Å². The van der Waals surface area contributed by atoms with Crippen molar-refractivity contribution in [1.82, 2.24) is 5.32 Å². The van der Waals surface area contributed by atoms with E-state index in [0.29, 0.717) is 18.7 Å². The minimum atomic E-state index is -0.288. The Morgan fingerprint density at radius 3 is 2.77 bits per heavy atom. The second kappa shape index (κ2) is 6.97. The van der Waals surface area contributed by atoms with Gasteiger partial charge in [-0.2, -0.15) is 0 Å². The second-order valence-electron chi connectivity index (χ2n) is 6.29. The zero-order valence-electron chi connectivity index (χ0n) is 13.0. The van der Waals surface area contributed by atoms with Crippen LogP contribution >= 0.6 is 12.4 Å². The third kappa shape index (κ3) is 2.99. The van der Waals surface area contributed by atoms with E-state index in [-0.39, 0.29) is 29.5 Å². The highest BCUT2D eigenvalue weighted by Crippen LogP contribution is 2.42. The molecule has 1 amide bonds. The van der Waals surface area contributed by atoms with Gasteiger partial charge in [-0.25, -0.2) is 4.39 Å². The summed E-state index contributed by atoms with van der Waals surface area (Å²) in [4.78, 5) is 12.6. The lowest BCUT2D eigenvalue weighted by atomic mass is 9.82. The molecular formula is C17H24ClFN2O. The molecule has 0 aromatic heterocycles. The van der Waals surface area contributed by atoms with E-state index in [1.54, 1.807) is 6.07 Å². The Kier molecular flexibility index (Phi) is 5.45.